The van der Waals surface area contributed by atoms with Crippen LogP contribution in [-0.4, -0.2) is 6.88 Å². The van der Waals surface area contributed by atoms with Crippen LogP contribution in [0.2, 0.25) is 9.26 Å². The molecule has 198 valence electrons. The number of allylic oxidation sites excluding steroid dienone is 2. The molecule has 0 aliphatic heterocycles. The molecule has 0 nitrogen and oxygen atoms in total. The van der Waals surface area contributed by atoms with E-state index in [-0.39, 0.29) is 0 Å². The first-order valence-corrected chi connectivity index (χ1v) is 28.5. The van der Waals surface area contributed by atoms with Crippen LogP contribution in [0.1, 0.15) is 36.4 Å². The normalized spacial score (nSPS) is 16.5. The maximum atomic E-state index is 2.73. The molecular formula is C39H34SiZr. The number of fused-ring (bicyclic) bond motifs is 7. The summed E-state index contributed by atoms with van der Waals surface area (Å²) >= 11 is -3.58. The average molecular weight is 622 g/mol. The molecule has 2 aliphatic carbocycles. The van der Waals surface area contributed by atoms with Crippen LogP contribution in [0.3, 0.4) is 0 Å². The van der Waals surface area contributed by atoms with Gasteiger partial charge in [-0.15, -0.1) is 0 Å². The Morgan fingerprint density at radius 1 is 0.537 bits per heavy atom. The SMILES string of the molecule is CC1=C[CH]([Zr]([CH3])([CH3])(=[SiH2])[CH]2c3ccccc3-c3ccccc32)c2cccc(-c3cc4ccccc4c4ccccc34)c21. The van der Waals surface area contributed by atoms with E-state index in [1.807, 2.05) is 0 Å². The van der Waals surface area contributed by atoms with Crippen molar-refractivity contribution in [3.63, 3.8) is 0 Å². The number of rotatable bonds is 3. The van der Waals surface area contributed by atoms with E-state index in [1.165, 1.54) is 54.9 Å². The van der Waals surface area contributed by atoms with Gasteiger partial charge in [0, 0.05) is 0 Å². The third-order valence-corrected chi connectivity index (χ3v) is 27.5. The van der Waals surface area contributed by atoms with Crippen LogP contribution in [0, 0.1) is 0 Å². The van der Waals surface area contributed by atoms with Gasteiger partial charge in [-0.1, -0.05) is 0 Å². The predicted octanol–water partition coefficient (Wildman–Crippen LogP) is 10.2. The third-order valence-electron chi connectivity index (χ3n) is 10.1. The van der Waals surface area contributed by atoms with E-state index in [0.29, 0.717) is 7.25 Å². The van der Waals surface area contributed by atoms with Crippen LogP contribution in [0.4, 0.5) is 0 Å². The van der Waals surface area contributed by atoms with Crippen molar-refractivity contribution < 1.29 is 17.4 Å². The number of hydrogen-bond acceptors (Lipinski definition) is 0. The number of benzene rings is 6. The van der Waals surface area contributed by atoms with Crippen molar-refractivity contribution in [2.45, 2.75) is 23.4 Å². The van der Waals surface area contributed by atoms with Gasteiger partial charge in [-0.2, -0.15) is 0 Å². The monoisotopic (exact) mass is 620 g/mol. The van der Waals surface area contributed by atoms with Crippen molar-refractivity contribution in [1.82, 2.24) is 0 Å². The van der Waals surface area contributed by atoms with Crippen molar-refractivity contribution in [2.75, 3.05) is 0 Å². The van der Waals surface area contributed by atoms with Gasteiger partial charge in [0.1, 0.15) is 0 Å². The van der Waals surface area contributed by atoms with Crippen molar-refractivity contribution in [3.05, 3.63) is 150 Å². The molecule has 6 aromatic carbocycles. The van der Waals surface area contributed by atoms with E-state index in [9.17, 15) is 0 Å². The first kappa shape index (κ1) is 25.4. The Balaban J connectivity index is 1.36. The molecule has 0 N–H and O–H groups in total. The molecule has 0 fully saturated rings. The summed E-state index contributed by atoms with van der Waals surface area (Å²) in [5.74, 6) is 0. The molecule has 0 aromatic heterocycles. The molecule has 0 bridgehead atoms. The Hall–Kier alpha value is -3.32. The van der Waals surface area contributed by atoms with Crippen molar-refractivity contribution in [1.29, 1.82) is 0 Å². The topological polar surface area (TPSA) is 0 Å². The quantitative estimate of drug-likeness (QED) is 0.136. The summed E-state index contributed by atoms with van der Waals surface area (Å²) in [6.07, 6.45) is 2.67. The second-order valence-electron chi connectivity index (χ2n) is 13.3. The first-order valence-electron chi connectivity index (χ1n) is 14.8. The van der Waals surface area contributed by atoms with Crippen LogP contribution in [0.15, 0.2) is 127 Å². The Morgan fingerprint density at radius 2 is 1.07 bits per heavy atom. The standard InChI is InChI=1S/C24H17.C13H9.2CH3.H2Si.Zr/c1-16-13-14-17-8-6-12-22(24(16)17)23-15-18-7-2-3-9-19(18)20-10-4-5-11-21(20)23;1-3-7-12-10(5-1)9-11-6-2-4-8-13(11)12;;;;/h2-15H,1H3;1-9H;2*1H3;1H2;. The molecule has 0 saturated carbocycles. The summed E-state index contributed by atoms with van der Waals surface area (Å²) < 4.78 is 6.45. The molecular weight excluding hydrogens is 588 g/mol. The second kappa shape index (κ2) is 8.84. The van der Waals surface area contributed by atoms with Gasteiger partial charge in [-0.05, 0) is 0 Å². The second-order valence-corrected chi connectivity index (χ2v) is 43.9. The van der Waals surface area contributed by atoms with Gasteiger partial charge in [0.2, 0.25) is 0 Å². The van der Waals surface area contributed by atoms with Crippen molar-refractivity contribution in [3.8, 4) is 22.3 Å². The predicted molar refractivity (Wildman–Crippen MR) is 177 cm³/mol. The van der Waals surface area contributed by atoms with E-state index in [1.54, 1.807) is 16.7 Å². The molecule has 0 amide bonds. The van der Waals surface area contributed by atoms with Gasteiger partial charge in [0.15, 0.2) is 0 Å². The summed E-state index contributed by atoms with van der Waals surface area (Å²) in [6.45, 7) is 4.78. The van der Waals surface area contributed by atoms with Crippen molar-refractivity contribution >= 4 is 34.0 Å². The van der Waals surface area contributed by atoms with Crippen LogP contribution >= 0.6 is 0 Å². The Labute approximate surface area is 245 Å². The zero-order valence-corrected chi connectivity index (χ0v) is 27.9. The van der Waals surface area contributed by atoms with Crippen LogP contribution in [0.25, 0.3) is 49.4 Å². The van der Waals surface area contributed by atoms with Gasteiger partial charge >= 0.3 is 247 Å². The van der Waals surface area contributed by atoms with E-state index < -0.39 is 17.4 Å². The molecule has 0 heterocycles. The van der Waals surface area contributed by atoms with E-state index in [0.717, 1.165) is 0 Å². The summed E-state index contributed by atoms with van der Waals surface area (Å²) in [5, 5.41) is 5.31. The van der Waals surface area contributed by atoms with Crippen LogP contribution in [-0.2, 0) is 17.4 Å². The molecule has 6 aromatic rings. The molecule has 1 atom stereocenters. The summed E-state index contributed by atoms with van der Waals surface area (Å²) in [5.41, 5.74) is 13.2. The Kier molecular flexibility index (Phi) is 5.48. The summed E-state index contributed by atoms with van der Waals surface area (Å²) in [7, 11) is 0. The van der Waals surface area contributed by atoms with Gasteiger partial charge < -0.3 is 0 Å². The van der Waals surface area contributed by atoms with E-state index in [2.05, 4.69) is 150 Å². The average Bonchev–Trinajstić information content (AvgIpc) is 3.53. The third kappa shape index (κ3) is 3.60. The van der Waals surface area contributed by atoms with Crippen molar-refractivity contribution in [2.24, 2.45) is 0 Å². The zero-order chi connectivity index (χ0) is 28.0. The zero-order valence-electron chi connectivity index (χ0n) is 24.0. The minimum atomic E-state index is -3.58. The van der Waals surface area contributed by atoms with Crippen LogP contribution < -0.4 is 0 Å². The van der Waals surface area contributed by atoms with Gasteiger partial charge in [0.05, 0.1) is 0 Å². The molecule has 8 rings (SSSR count). The number of hydrogen-bond donors (Lipinski definition) is 0. The molecule has 2 heteroatoms. The fourth-order valence-corrected chi connectivity index (χ4v) is 25.1. The maximum absolute atomic E-state index is 3.58. The van der Waals surface area contributed by atoms with Gasteiger partial charge in [0.25, 0.3) is 0 Å². The van der Waals surface area contributed by atoms with Gasteiger partial charge in [-0.25, -0.2) is 0 Å². The Bertz CT molecular complexity index is 2110. The molecule has 0 radical (unpaired) electrons. The molecule has 0 spiro atoms. The minimum absolute atomic E-state index is 0.487. The van der Waals surface area contributed by atoms with E-state index >= 15 is 0 Å². The molecule has 1 unspecified atom stereocenters. The first-order chi connectivity index (χ1) is 19.8. The fraction of sp³-hybridized carbons (Fsp3) is 0.128. The summed E-state index contributed by atoms with van der Waals surface area (Å²) in [6, 6.07) is 45.8. The summed E-state index contributed by atoms with van der Waals surface area (Å²) in [4.78, 5) is 0. The Morgan fingerprint density at radius 3 is 1.78 bits per heavy atom. The van der Waals surface area contributed by atoms with E-state index in [4.69, 9.17) is 0 Å². The molecule has 2 aliphatic rings. The van der Waals surface area contributed by atoms with Gasteiger partial charge in [-0.3, -0.25) is 0 Å². The molecule has 41 heavy (non-hydrogen) atoms. The molecule has 0 saturated heterocycles. The fourth-order valence-electron chi connectivity index (χ4n) is 8.34. The van der Waals surface area contributed by atoms with Crippen LogP contribution in [0.5, 0.6) is 0 Å².